The highest BCUT2D eigenvalue weighted by Gasteiger charge is 2.25. The third kappa shape index (κ3) is 4.33. The van der Waals surface area contributed by atoms with Gasteiger partial charge in [-0.1, -0.05) is 0 Å². The van der Waals surface area contributed by atoms with Crippen LogP contribution in [0.25, 0.3) is 0 Å². The van der Waals surface area contributed by atoms with Gasteiger partial charge in [0.1, 0.15) is 0 Å². The van der Waals surface area contributed by atoms with Gasteiger partial charge in [-0.2, -0.15) is 0 Å². The van der Waals surface area contributed by atoms with Crippen molar-refractivity contribution >= 4 is 6.03 Å². The summed E-state index contributed by atoms with van der Waals surface area (Å²) < 4.78 is 0. The molecular formula is C13H27N5O. The fraction of sp³-hybridized carbons (Fsp3) is 0.923. The molecule has 2 aliphatic rings. The zero-order valence-electron chi connectivity index (χ0n) is 12.3. The molecule has 0 saturated carbocycles. The first-order valence-electron chi connectivity index (χ1n) is 7.28. The van der Waals surface area contributed by atoms with Crippen LogP contribution in [-0.4, -0.2) is 105 Å². The molecule has 19 heavy (non-hydrogen) atoms. The van der Waals surface area contributed by atoms with E-state index >= 15 is 0 Å². The fourth-order valence-corrected chi connectivity index (χ4v) is 2.56. The fourth-order valence-electron chi connectivity index (χ4n) is 2.56. The molecule has 6 heteroatoms. The first kappa shape index (κ1) is 14.6. The van der Waals surface area contributed by atoms with Gasteiger partial charge in [0, 0.05) is 65.4 Å². The van der Waals surface area contributed by atoms with Gasteiger partial charge in [0.15, 0.2) is 0 Å². The summed E-state index contributed by atoms with van der Waals surface area (Å²) in [5.41, 5.74) is 0. The van der Waals surface area contributed by atoms with Crippen molar-refractivity contribution in [1.29, 1.82) is 0 Å². The lowest BCUT2D eigenvalue weighted by Crippen LogP contribution is -2.56. The average Bonchev–Trinajstić information content (AvgIpc) is 2.46. The van der Waals surface area contributed by atoms with Gasteiger partial charge in [0.2, 0.25) is 0 Å². The average molecular weight is 269 g/mol. The standard InChI is InChI=1S/C13H27N5O/c1-15(2)7-8-16-9-11-18(12-10-16)13(19)17-5-3-14-4-6-17/h14H,3-12H2,1-2H3. The number of nitrogens with zero attached hydrogens (tertiary/aromatic N) is 4. The van der Waals surface area contributed by atoms with Crippen molar-refractivity contribution in [2.75, 3.05) is 79.5 Å². The first-order chi connectivity index (χ1) is 9.16. The summed E-state index contributed by atoms with van der Waals surface area (Å²) >= 11 is 0. The highest BCUT2D eigenvalue weighted by Crippen LogP contribution is 2.06. The van der Waals surface area contributed by atoms with Crippen molar-refractivity contribution in [2.45, 2.75) is 0 Å². The van der Waals surface area contributed by atoms with Crippen molar-refractivity contribution < 1.29 is 4.79 Å². The van der Waals surface area contributed by atoms with Crippen LogP contribution >= 0.6 is 0 Å². The van der Waals surface area contributed by atoms with E-state index in [1.807, 2.05) is 9.80 Å². The number of carbonyl (C=O) groups is 1. The molecular weight excluding hydrogens is 242 g/mol. The second-order valence-electron chi connectivity index (χ2n) is 5.65. The Bertz CT molecular complexity index is 283. The molecule has 2 aliphatic heterocycles. The lowest BCUT2D eigenvalue weighted by molar-refractivity contribution is 0.106. The Labute approximate surface area is 116 Å². The molecule has 0 atom stereocenters. The molecule has 0 aliphatic carbocycles. The predicted molar refractivity (Wildman–Crippen MR) is 76.4 cm³/mol. The second-order valence-corrected chi connectivity index (χ2v) is 5.65. The van der Waals surface area contributed by atoms with Gasteiger partial charge in [0.25, 0.3) is 0 Å². The van der Waals surface area contributed by atoms with Gasteiger partial charge < -0.3 is 20.0 Å². The van der Waals surface area contributed by atoms with Gasteiger partial charge in [-0.25, -0.2) is 4.79 Å². The summed E-state index contributed by atoms with van der Waals surface area (Å²) in [6, 6.07) is 0.230. The number of likely N-dealkylation sites (N-methyl/N-ethyl adjacent to an activating group) is 1. The number of nitrogens with one attached hydrogen (secondary N) is 1. The molecule has 110 valence electrons. The smallest absolute Gasteiger partial charge is 0.320 e. The molecule has 0 aromatic heterocycles. The van der Waals surface area contributed by atoms with Crippen molar-refractivity contribution in [3.05, 3.63) is 0 Å². The van der Waals surface area contributed by atoms with E-state index in [4.69, 9.17) is 0 Å². The van der Waals surface area contributed by atoms with Crippen molar-refractivity contribution in [3.8, 4) is 0 Å². The maximum atomic E-state index is 12.3. The van der Waals surface area contributed by atoms with Crippen molar-refractivity contribution in [1.82, 2.24) is 24.9 Å². The number of rotatable bonds is 3. The Morgan fingerprint density at radius 1 is 1.00 bits per heavy atom. The number of amides is 2. The topological polar surface area (TPSA) is 42.1 Å². The van der Waals surface area contributed by atoms with E-state index in [9.17, 15) is 4.79 Å². The highest BCUT2D eigenvalue weighted by atomic mass is 16.2. The van der Waals surface area contributed by atoms with Crippen LogP contribution in [0.2, 0.25) is 0 Å². The van der Waals surface area contributed by atoms with Crippen LogP contribution in [-0.2, 0) is 0 Å². The van der Waals surface area contributed by atoms with E-state index in [0.29, 0.717) is 0 Å². The zero-order chi connectivity index (χ0) is 13.7. The highest BCUT2D eigenvalue weighted by molar-refractivity contribution is 5.74. The van der Waals surface area contributed by atoms with Crippen molar-refractivity contribution in [3.63, 3.8) is 0 Å². The maximum Gasteiger partial charge on any atom is 0.320 e. The van der Waals surface area contributed by atoms with E-state index in [0.717, 1.165) is 65.4 Å². The second kappa shape index (κ2) is 7.07. The molecule has 0 bridgehead atoms. The zero-order valence-corrected chi connectivity index (χ0v) is 12.3. The normalized spacial score (nSPS) is 22.1. The van der Waals surface area contributed by atoms with E-state index in [1.54, 1.807) is 0 Å². The van der Waals surface area contributed by atoms with E-state index in [1.165, 1.54) is 0 Å². The van der Waals surface area contributed by atoms with Crippen LogP contribution in [0.15, 0.2) is 0 Å². The minimum Gasteiger partial charge on any atom is -0.322 e. The van der Waals surface area contributed by atoms with Crippen LogP contribution in [0, 0.1) is 0 Å². The minimum atomic E-state index is 0.230. The summed E-state index contributed by atoms with van der Waals surface area (Å²) in [7, 11) is 4.20. The largest absolute Gasteiger partial charge is 0.322 e. The molecule has 0 aromatic rings. The predicted octanol–water partition coefficient (Wildman–Crippen LogP) is -0.809. The van der Waals surface area contributed by atoms with Crippen molar-refractivity contribution in [2.24, 2.45) is 0 Å². The molecule has 0 radical (unpaired) electrons. The summed E-state index contributed by atoms with van der Waals surface area (Å²) in [5, 5.41) is 3.28. The molecule has 0 aromatic carbocycles. The third-order valence-electron chi connectivity index (χ3n) is 3.89. The Morgan fingerprint density at radius 3 is 2.16 bits per heavy atom. The lowest BCUT2D eigenvalue weighted by atomic mass is 10.3. The molecule has 0 unspecified atom stereocenters. The Balaban J connectivity index is 1.71. The molecule has 2 saturated heterocycles. The molecule has 0 spiro atoms. The van der Waals surface area contributed by atoms with Gasteiger partial charge in [0.05, 0.1) is 0 Å². The van der Waals surface area contributed by atoms with Gasteiger partial charge >= 0.3 is 6.03 Å². The summed E-state index contributed by atoms with van der Waals surface area (Å²) in [6.07, 6.45) is 0. The summed E-state index contributed by atoms with van der Waals surface area (Å²) in [4.78, 5) is 21.0. The van der Waals surface area contributed by atoms with Crippen LogP contribution in [0.3, 0.4) is 0 Å². The summed E-state index contributed by atoms with van der Waals surface area (Å²) in [6.45, 7) is 9.49. The molecule has 1 N–H and O–H groups in total. The summed E-state index contributed by atoms with van der Waals surface area (Å²) in [5.74, 6) is 0. The number of piperazine rings is 2. The molecule has 2 rings (SSSR count). The molecule has 2 amide bonds. The SMILES string of the molecule is CN(C)CCN1CCN(C(=O)N2CCNCC2)CC1. The van der Waals surface area contributed by atoms with Gasteiger partial charge in [-0.15, -0.1) is 0 Å². The van der Waals surface area contributed by atoms with Crippen LogP contribution in [0.1, 0.15) is 0 Å². The first-order valence-corrected chi connectivity index (χ1v) is 7.28. The van der Waals surface area contributed by atoms with E-state index in [-0.39, 0.29) is 6.03 Å². The minimum absolute atomic E-state index is 0.230. The molecule has 6 nitrogen and oxygen atoms in total. The third-order valence-corrected chi connectivity index (χ3v) is 3.89. The molecule has 2 heterocycles. The number of urea groups is 1. The van der Waals surface area contributed by atoms with Crippen LogP contribution in [0.5, 0.6) is 0 Å². The van der Waals surface area contributed by atoms with Gasteiger partial charge in [-0.05, 0) is 14.1 Å². The number of hydrogen-bond donors (Lipinski definition) is 1. The monoisotopic (exact) mass is 269 g/mol. The van der Waals surface area contributed by atoms with Crippen LogP contribution in [0.4, 0.5) is 4.79 Å². The maximum absolute atomic E-state index is 12.3. The lowest BCUT2D eigenvalue weighted by Gasteiger charge is -2.38. The van der Waals surface area contributed by atoms with Gasteiger partial charge in [-0.3, -0.25) is 4.90 Å². The number of carbonyl (C=O) groups excluding carboxylic acids is 1. The Hall–Kier alpha value is -0.850. The Morgan fingerprint density at radius 2 is 1.58 bits per heavy atom. The van der Waals surface area contributed by atoms with Crippen LogP contribution < -0.4 is 5.32 Å². The Kier molecular flexibility index (Phi) is 5.42. The van der Waals surface area contributed by atoms with E-state index < -0.39 is 0 Å². The number of hydrogen-bond acceptors (Lipinski definition) is 4. The molecule has 2 fully saturated rings. The van der Waals surface area contributed by atoms with E-state index in [2.05, 4.69) is 29.2 Å². The quantitative estimate of drug-likeness (QED) is 0.728.